The van der Waals surface area contributed by atoms with Crippen LogP contribution in [-0.4, -0.2) is 68.6 Å². The van der Waals surface area contributed by atoms with Crippen LogP contribution in [0.15, 0.2) is 11.1 Å². The topological polar surface area (TPSA) is 107 Å². The van der Waals surface area contributed by atoms with Crippen molar-refractivity contribution in [3.63, 3.8) is 0 Å². The molecule has 9 nitrogen and oxygen atoms in total. The van der Waals surface area contributed by atoms with Gasteiger partial charge in [-0.1, -0.05) is 41.5 Å². The Labute approximate surface area is 251 Å². The van der Waals surface area contributed by atoms with E-state index in [1.165, 1.54) is 13.8 Å². The van der Waals surface area contributed by atoms with E-state index in [9.17, 15) is 14.4 Å². The fraction of sp³-hybridized carbons (Fsp3) is 0.844. The maximum Gasteiger partial charge on any atom is 0.303 e. The molecule has 2 heterocycles. The molecule has 4 bridgehead atoms. The third-order valence-electron chi connectivity index (χ3n) is 11.7. The number of Topliss-reactive ketones (excluding diaryl/α,β-unsaturated/α-hetero) is 1. The molecule has 2 saturated heterocycles. The number of carbonyl (C=O) groups excluding carboxylic acids is 3. The summed E-state index contributed by atoms with van der Waals surface area (Å²) in [5, 5.41) is 0. The van der Waals surface area contributed by atoms with Gasteiger partial charge in [-0.15, -0.1) is 0 Å². The highest BCUT2D eigenvalue weighted by atomic mass is 28.4. The molecule has 4 fully saturated rings. The zero-order chi connectivity index (χ0) is 31.0. The number of rotatable bonds is 7. The largest absolute Gasteiger partial charge is 0.458 e. The van der Waals surface area contributed by atoms with Crippen LogP contribution in [0, 0.1) is 22.7 Å². The first-order chi connectivity index (χ1) is 19.5. The lowest BCUT2D eigenvalue weighted by molar-refractivity contribution is -0.426. The lowest BCUT2D eigenvalue weighted by Crippen LogP contribution is -2.75. The Hall–Kier alpha value is -1.59. The Balaban J connectivity index is 1.78. The van der Waals surface area contributed by atoms with Gasteiger partial charge in [0.05, 0.1) is 18.8 Å². The van der Waals surface area contributed by atoms with E-state index in [2.05, 4.69) is 41.5 Å². The Bertz CT molecular complexity index is 1170. The molecule has 10 heteroatoms. The monoisotopic (exact) mass is 606 g/mol. The van der Waals surface area contributed by atoms with Crippen molar-refractivity contribution in [2.24, 2.45) is 22.7 Å². The number of fused-ring (bicyclic) bond motifs is 4. The fourth-order valence-electron chi connectivity index (χ4n) is 9.40. The third kappa shape index (κ3) is 4.57. The van der Waals surface area contributed by atoms with Crippen LogP contribution in [0.1, 0.15) is 88.5 Å². The highest BCUT2D eigenvalue weighted by Gasteiger charge is 2.76. The van der Waals surface area contributed by atoms with Crippen LogP contribution >= 0.6 is 0 Å². The van der Waals surface area contributed by atoms with Gasteiger partial charge in [-0.3, -0.25) is 14.4 Å². The molecule has 2 aliphatic heterocycles. The molecule has 0 aromatic carbocycles. The Morgan fingerprint density at radius 1 is 1.00 bits per heavy atom. The third-order valence-corrected chi connectivity index (χ3v) is 16.4. The summed E-state index contributed by atoms with van der Waals surface area (Å²) >= 11 is 0. The van der Waals surface area contributed by atoms with Crippen LogP contribution < -0.4 is 0 Å². The number of ketones is 1. The van der Waals surface area contributed by atoms with Gasteiger partial charge in [-0.05, 0) is 54.5 Å². The number of hydrogen-bond donors (Lipinski definition) is 0. The van der Waals surface area contributed by atoms with Gasteiger partial charge in [0.1, 0.15) is 11.7 Å². The van der Waals surface area contributed by atoms with Crippen molar-refractivity contribution in [1.29, 1.82) is 0 Å². The van der Waals surface area contributed by atoms with Crippen LogP contribution in [0.25, 0.3) is 0 Å². The molecule has 236 valence electrons. The van der Waals surface area contributed by atoms with E-state index in [0.717, 1.165) is 18.1 Å². The number of allylic oxidation sites excluding steroid dienone is 1. The van der Waals surface area contributed by atoms with Crippen molar-refractivity contribution in [2.75, 3.05) is 6.61 Å². The van der Waals surface area contributed by atoms with Gasteiger partial charge in [-0.25, -0.2) is 0 Å². The van der Waals surface area contributed by atoms with E-state index in [0.29, 0.717) is 30.4 Å². The summed E-state index contributed by atoms with van der Waals surface area (Å²) in [6.07, 6.45) is -0.915. The van der Waals surface area contributed by atoms with Gasteiger partial charge in [0.2, 0.25) is 0 Å². The summed E-state index contributed by atoms with van der Waals surface area (Å²) < 4.78 is 39.7. The van der Waals surface area contributed by atoms with E-state index in [-0.39, 0.29) is 30.3 Å². The summed E-state index contributed by atoms with van der Waals surface area (Å²) in [4.78, 5) is 39.2. The van der Waals surface area contributed by atoms with Crippen LogP contribution in [0.3, 0.4) is 0 Å². The lowest BCUT2D eigenvalue weighted by Gasteiger charge is -2.65. The zero-order valence-corrected chi connectivity index (χ0v) is 28.1. The number of esters is 2. The maximum absolute atomic E-state index is 13.7. The lowest BCUT2D eigenvalue weighted by atomic mass is 9.47. The Morgan fingerprint density at radius 2 is 1.62 bits per heavy atom. The van der Waals surface area contributed by atoms with Crippen molar-refractivity contribution in [3.8, 4) is 0 Å². The smallest absolute Gasteiger partial charge is 0.303 e. The molecule has 2 saturated carbocycles. The van der Waals surface area contributed by atoms with E-state index in [1.54, 1.807) is 6.92 Å². The van der Waals surface area contributed by atoms with Gasteiger partial charge in [-0.2, -0.15) is 0 Å². The summed E-state index contributed by atoms with van der Waals surface area (Å²) in [7, 11) is -2.08. The predicted octanol–water partition coefficient (Wildman–Crippen LogP) is 5.46. The molecule has 0 N–H and O–H groups in total. The van der Waals surface area contributed by atoms with Gasteiger partial charge in [0.25, 0.3) is 5.97 Å². The first-order valence-corrected chi connectivity index (χ1v) is 18.3. The van der Waals surface area contributed by atoms with Crippen LogP contribution in [0.4, 0.5) is 0 Å². The molecule has 0 amide bonds. The SMILES string of the molecule is CC[Si](CC)(CC)O[C@H]1CC[C@@]2(C)[C@@H](OC(C)=O)[C@H](OC(C)=O)C3=C(C)C(=O)C[C@@H]([C@H]4OC5(C)OC[C@]1(O5)[C@@H]42)C3(C)C. The molecule has 9 atom stereocenters. The number of carbonyl (C=O) groups is 3. The average molecular weight is 607 g/mol. The minimum atomic E-state index is -2.08. The summed E-state index contributed by atoms with van der Waals surface area (Å²) in [6, 6.07) is 2.98. The molecule has 5 rings (SSSR count). The summed E-state index contributed by atoms with van der Waals surface area (Å²) in [5.41, 5.74) is -0.995. The standard InChI is InChI=1S/C32H50O9Si/c1-11-42(12-2,13-3)40-23-14-15-30(9)27-25(39-31(10)36-17-32(23,27)41-31)21-16-22(35)18(4)24(29(21,7)8)26(37-19(5)33)28(30)38-20(6)34/h21,23,25-28H,11-17H2,1-10H3/t21-,23-,25+,26+,27-,28-,30+,31?,32+/m0/s1. The molecule has 0 radical (unpaired) electrons. The zero-order valence-electron chi connectivity index (χ0n) is 27.1. The molecule has 0 aromatic rings. The summed E-state index contributed by atoms with van der Waals surface area (Å²) in [5.74, 6) is -2.90. The van der Waals surface area contributed by atoms with Crippen molar-refractivity contribution in [2.45, 2.75) is 143 Å². The van der Waals surface area contributed by atoms with E-state index >= 15 is 0 Å². The fourth-order valence-corrected chi connectivity index (χ4v) is 12.3. The maximum atomic E-state index is 13.7. The molecular formula is C32H50O9Si. The second-order valence-corrected chi connectivity index (χ2v) is 18.9. The van der Waals surface area contributed by atoms with Gasteiger partial charge < -0.3 is 28.1 Å². The van der Waals surface area contributed by atoms with E-state index in [1.807, 2.05) is 6.92 Å². The second-order valence-electron chi connectivity index (χ2n) is 14.2. The second kappa shape index (κ2) is 10.5. The molecule has 42 heavy (non-hydrogen) atoms. The molecule has 0 aromatic heterocycles. The Morgan fingerprint density at radius 3 is 2.19 bits per heavy atom. The van der Waals surface area contributed by atoms with Crippen LogP contribution in [0.5, 0.6) is 0 Å². The normalized spacial score (nSPS) is 42.4. The quantitative estimate of drug-likeness (QED) is 0.276. The van der Waals surface area contributed by atoms with E-state index in [4.69, 9.17) is 28.1 Å². The van der Waals surface area contributed by atoms with Gasteiger partial charge in [0, 0.05) is 44.4 Å². The molecule has 5 aliphatic rings. The van der Waals surface area contributed by atoms with Crippen molar-refractivity contribution < 1.29 is 42.5 Å². The van der Waals surface area contributed by atoms with Gasteiger partial charge >= 0.3 is 11.9 Å². The van der Waals surface area contributed by atoms with Crippen LogP contribution in [-0.2, 0) is 42.5 Å². The minimum absolute atomic E-state index is 0.0165. The van der Waals surface area contributed by atoms with E-state index < -0.39 is 61.0 Å². The van der Waals surface area contributed by atoms with Crippen molar-refractivity contribution in [1.82, 2.24) is 0 Å². The minimum Gasteiger partial charge on any atom is -0.458 e. The van der Waals surface area contributed by atoms with Crippen molar-refractivity contribution in [3.05, 3.63) is 11.1 Å². The Kier molecular flexibility index (Phi) is 7.95. The number of ether oxygens (including phenoxy) is 5. The van der Waals surface area contributed by atoms with Crippen LogP contribution in [0.2, 0.25) is 18.1 Å². The molecular weight excluding hydrogens is 556 g/mol. The highest BCUT2D eigenvalue weighted by molar-refractivity contribution is 6.73. The summed E-state index contributed by atoms with van der Waals surface area (Å²) in [6.45, 7) is 19.6. The predicted molar refractivity (Wildman–Crippen MR) is 157 cm³/mol. The average Bonchev–Trinajstić information content (AvgIpc) is 3.18. The molecule has 1 unspecified atom stereocenters. The van der Waals surface area contributed by atoms with Crippen molar-refractivity contribution >= 4 is 26.0 Å². The highest BCUT2D eigenvalue weighted by Crippen LogP contribution is 2.66. The molecule has 1 spiro atoms. The first-order valence-electron chi connectivity index (χ1n) is 15.8. The van der Waals surface area contributed by atoms with Gasteiger partial charge in [0.15, 0.2) is 20.2 Å². The molecule has 3 aliphatic carbocycles. The first kappa shape index (κ1) is 31.8. The number of hydrogen-bond acceptors (Lipinski definition) is 9.